The van der Waals surface area contributed by atoms with Crippen LogP contribution in [-0.4, -0.2) is 17.2 Å². The third-order valence-corrected chi connectivity index (χ3v) is 4.22. The number of carbonyl (C=O) groups is 2. The molecule has 2 rings (SSSR count). The Labute approximate surface area is 132 Å². The van der Waals surface area contributed by atoms with Gasteiger partial charge in [-0.15, -0.1) is 22.9 Å². The highest BCUT2D eigenvalue weighted by Crippen LogP contribution is 2.24. The Morgan fingerprint density at radius 2 is 1.90 bits per heavy atom. The van der Waals surface area contributed by atoms with Crippen LogP contribution in [0.1, 0.15) is 23.0 Å². The molecule has 0 bridgehead atoms. The number of amides is 2. The number of hydrogen-bond donors (Lipinski definition) is 2. The van der Waals surface area contributed by atoms with Crippen molar-refractivity contribution in [1.29, 1.82) is 0 Å². The number of halogens is 1. The van der Waals surface area contributed by atoms with Gasteiger partial charge in [-0.05, 0) is 30.0 Å². The number of thiophene rings is 1. The molecule has 2 amide bonds. The van der Waals surface area contributed by atoms with Gasteiger partial charge in [-0.2, -0.15) is 0 Å². The van der Waals surface area contributed by atoms with Crippen molar-refractivity contribution < 1.29 is 9.59 Å². The third kappa shape index (κ3) is 4.06. The van der Waals surface area contributed by atoms with Crippen molar-refractivity contribution in [3.05, 3.63) is 46.7 Å². The fourth-order valence-electron chi connectivity index (χ4n) is 1.69. The van der Waals surface area contributed by atoms with Gasteiger partial charge in [-0.1, -0.05) is 25.1 Å². The van der Waals surface area contributed by atoms with E-state index < -0.39 is 5.38 Å². The van der Waals surface area contributed by atoms with Gasteiger partial charge in [0.15, 0.2) is 0 Å². The molecule has 0 aliphatic heterocycles. The molecule has 2 aromatic rings. The molecule has 0 saturated heterocycles. The largest absolute Gasteiger partial charge is 0.323 e. The average molecular weight is 323 g/mol. The lowest BCUT2D eigenvalue weighted by Crippen LogP contribution is -2.23. The summed E-state index contributed by atoms with van der Waals surface area (Å²) in [4.78, 5) is 24.5. The number of hydrogen-bond acceptors (Lipinski definition) is 3. The van der Waals surface area contributed by atoms with Gasteiger partial charge in [0.2, 0.25) is 5.91 Å². The number of carbonyl (C=O) groups excluding carboxylic acids is 2. The van der Waals surface area contributed by atoms with Gasteiger partial charge in [-0.3, -0.25) is 9.59 Å². The lowest BCUT2D eigenvalue weighted by atomic mass is 10.3. The fraction of sp³-hybridized carbons (Fsp3) is 0.200. The molecule has 0 aliphatic rings. The van der Waals surface area contributed by atoms with E-state index in [0.29, 0.717) is 22.7 Å². The summed E-state index contributed by atoms with van der Waals surface area (Å²) in [6.07, 6.45) is 0.531. The van der Waals surface area contributed by atoms with Crippen molar-refractivity contribution in [2.24, 2.45) is 0 Å². The Kier molecular flexibility index (Phi) is 5.36. The molecule has 1 atom stereocenters. The Balaban J connectivity index is 2.09. The van der Waals surface area contributed by atoms with Crippen molar-refractivity contribution in [2.45, 2.75) is 18.7 Å². The zero-order valence-corrected chi connectivity index (χ0v) is 13.0. The number of nitrogens with one attached hydrogen (secondary N) is 2. The summed E-state index contributed by atoms with van der Waals surface area (Å²) in [5, 5.41) is 6.63. The van der Waals surface area contributed by atoms with Crippen molar-refractivity contribution in [3.63, 3.8) is 0 Å². The van der Waals surface area contributed by atoms with E-state index >= 15 is 0 Å². The second-order valence-electron chi connectivity index (χ2n) is 4.35. The first-order valence-electron chi connectivity index (χ1n) is 6.50. The lowest BCUT2D eigenvalue weighted by Gasteiger charge is -2.09. The van der Waals surface area contributed by atoms with Crippen LogP contribution >= 0.6 is 22.9 Å². The molecule has 0 saturated carbocycles. The summed E-state index contributed by atoms with van der Waals surface area (Å²) in [5.41, 5.74) is 1.19. The first-order chi connectivity index (χ1) is 10.1. The summed E-state index contributed by atoms with van der Waals surface area (Å²) in [6.45, 7) is 1.83. The van der Waals surface area contributed by atoms with E-state index in [0.717, 1.165) is 0 Å². The Morgan fingerprint density at radius 1 is 1.19 bits per heavy atom. The monoisotopic (exact) mass is 322 g/mol. The lowest BCUT2D eigenvalue weighted by molar-refractivity contribution is -0.115. The van der Waals surface area contributed by atoms with Crippen LogP contribution in [0.5, 0.6) is 0 Å². The highest BCUT2D eigenvalue weighted by Gasteiger charge is 2.18. The number of rotatable bonds is 5. The van der Waals surface area contributed by atoms with E-state index in [1.54, 1.807) is 23.6 Å². The maximum Gasteiger partial charge on any atom is 0.267 e. The van der Waals surface area contributed by atoms with Crippen LogP contribution in [0.2, 0.25) is 0 Å². The van der Waals surface area contributed by atoms with E-state index in [1.807, 2.05) is 25.1 Å². The van der Waals surface area contributed by atoms with Gasteiger partial charge in [0.05, 0.1) is 5.69 Å². The van der Waals surface area contributed by atoms with E-state index in [9.17, 15) is 9.59 Å². The van der Waals surface area contributed by atoms with Crippen LogP contribution in [0.15, 0.2) is 41.8 Å². The highest BCUT2D eigenvalue weighted by molar-refractivity contribution is 7.12. The summed E-state index contributed by atoms with van der Waals surface area (Å²) >= 11 is 7.15. The van der Waals surface area contributed by atoms with E-state index in [-0.39, 0.29) is 11.8 Å². The second-order valence-corrected chi connectivity index (χ2v) is 5.79. The first-order valence-corrected chi connectivity index (χ1v) is 7.82. The second kappa shape index (κ2) is 7.24. The summed E-state index contributed by atoms with van der Waals surface area (Å²) in [5.74, 6) is -0.555. The zero-order valence-electron chi connectivity index (χ0n) is 11.4. The van der Waals surface area contributed by atoms with Gasteiger partial charge >= 0.3 is 0 Å². The molecule has 0 aliphatic carbocycles. The number of para-hydroxylation sites is 1. The van der Waals surface area contributed by atoms with Crippen LogP contribution in [0, 0.1) is 0 Å². The maximum atomic E-state index is 12.2. The van der Waals surface area contributed by atoms with Gasteiger partial charge in [0.25, 0.3) is 5.91 Å². The van der Waals surface area contributed by atoms with Crippen molar-refractivity contribution in [1.82, 2.24) is 0 Å². The third-order valence-electron chi connectivity index (χ3n) is 2.80. The minimum atomic E-state index is -0.602. The molecule has 1 aromatic carbocycles. The van der Waals surface area contributed by atoms with Gasteiger partial charge in [0.1, 0.15) is 10.3 Å². The molecule has 1 heterocycles. The van der Waals surface area contributed by atoms with Gasteiger partial charge in [0, 0.05) is 5.69 Å². The standard InChI is InChI=1S/C15H15ClN2O2S/c1-2-11(16)14(19)18-12-8-9-21-13(12)15(20)17-10-6-4-3-5-7-10/h3-9,11H,2H2,1H3,(H,17,20)(H,18,19). The van der Waals surface area contributed by atoms with Gasteiger partial charge < -0.3 is 10.6 Å². The van der Waals surface area contributed by atoms with E-state index in [2.05, 4.69) is 10.6 Å². The first kappa shape index (κ1) is 15.5. The SMILES string of the molecule is CCC(Cl)C(=O)Nc1ccsc1C(=O)Nc1ccccc1. The Hall–Kier alpha value is -1.85. The van der Waals surface area contributed by atoms with Crippen molar-refractivity contribution >= 4 is 46.1 Å². The number of anilines is 2. The summed E-state index contributed by atoms with van der Waals surface area (Å²) in [6, 6.07) is 10.9. The van der Waals surface area contributed by atoms with E-state index in [4.69, 9.17) is 11.6 Å². The molecule has 21 heavy (non-hydrogen) atoms. The van der Waals surface area contributed by atoms with Gasteiger partial charge in [-0.25, -0.2) is 0 Å². The molecule has 110 valence electrons. The highest BCUT2D eigenvalue weighted by atomic mass is 35.5. The molecule has 1 unspecified atom stereocenters. The van der Waals surface area contributed by atoms with Crippen LogP contribution in [0.4, 0.5) is 11.4 Å². The quantitative estimate of drug-likeness (QED) is 0.819. The molecule has 0 fully saturated rings. The van der Waals surface area contributed by atoms with Crippen molar-refractivity contribution in [3.8, 4) is 0 Å². The Morgan fingerprint density at radius 3 is 2.57 bits per heavy atom. The summed E-state index contributed by atoms with van der Waals surface area (Å²) < 4.78 is 0. The number of benzene rings is 1. The van der Waals surface area contributed by atoms with Crippen LogP contribution in [-0.2, 0) is 4.79 Å². The molecular formula is C15H15ClN2O2S. The summed E-state index contributed by atoms with van der Waals surface area (Å²) in [7, 11) is 0. The predicted octanol–water partition coefficient (Wildman–Crippen LogP) is 3.96. The normalized spacial score (nSPS) is 11.7. The molecule has 4 nitrogen and oxygen atoms in total. The molecule has 6 heteroatoms. The smallest absolute Gasteiger partial charge is 0.267 e. The number of alkyl halides is 1. The van der Waals surface area contributed by atoms with Crippen LogP contribution < -0.4 is 10.6 Å². The Bertz CT molecular complexity index is 628. The maximum absolute atomic E-state index is 12.2. The molecule has 1 aromatic heterocycles. The molecule has 0 spiro atoms. The minimum Gasteiger partial charge on any atom is -0.323 e. The zero-order chi connectivity index (χ0) is 15.2. The fourth-order valence-corrected chi connectivity index (χ4v) is 2.49. The average Bonchev–Trinajstić information content (AvgIpc) is 2.95. The molecule has 0 radical (unpaired) electrons. The van der Waals surface area contributed by atoms with Crippen LogP contribution in [0.25, 0.3) is 0 Å². The van der Waals surface area contributed by atoms with Crippen molar-refractivity contribution in [2.75, 3.05) is 10.6 Å². The topological polar surface area (TPSA) is 58.2 Å². The minimum absolute atomic E-state index is 0.255. The molecule has 2 N–H and O–H groups in total. The van der Waals surface area contributed by atoms with E-state index in [1.165, 1.54) is 11.3 Å². The molecular weight excluding hydrogens is 308 g/mol. The van der Waals surface area contributed by atoms with Crippen LogP contribution in [0.3, 0.4) is 0 Å². The predicted molar refractivity (Wildman–Crippen MR) is 87.3 cm³/mol.